The summed E-state index contributed by atoms with van der Waals surface area (Å²) in [5.41, 5.74) is 7.71. The number of nitrogens with two attached hydrogens (primary N) is 1. The summed E-state index contributed by atoms with van der Waals surface area (Å²) in [6.07, 6.45) is 4.34. The van der Waals surface area contributed by atoms with Gasteiger partial charge in [0.25, 0.3) is 11.5 Å². The molecule has 4 aromatic heterocycles. The molecule has 7 nitrogen and oxygen atoms in total. The van der Waals surface area contributed by atoms with E-state index in [2.05, 4.69) is 11.9 Å². The van der Waals surface area contributed by atoms with Crippen molar-refractivity contribution in [1.29, 1.82) is 0 Å². The average molecular weight is 529 g/mol. The van der Waals surface area contributed by atoms with Crippen LogP contribution in [0, 0.1) is 0 Å². The summed E-state index contributed by atoms with van der Waals surface area (Å²) in [5.74, 6) is -0.759. The number of hydrogen-bond acceptors (Lipinski definition) is 8. The van der Waals surface area contributed by atoms with Gasteiger partial charge < -0.3 is 11.1 Å². The van der Waals surface area contributed by atoms with Crippen molar-refractivity contribution in [1.82, 2.24) is 9.55 Å². The van der Waals surface area contributed by atoms with E-state index in [1.807, 2.05) is 22.9 Å². The van der Waals surface area contributed by atoms with Crippen molar-refractivity contribution in [3.8, 4) is 10.4 Å². The van der Waals surface area contributed by atoms with Gasteiger partial charge in [-0.25, -0.2) is 4.98 Å². The van der Waals surface area contributed by atoms with Gasteiger partial charge in [0.1, 0.15) is 9.83 Å². The van der Waals surface area contributed by atoms with Gasteiger partial charge in [-0.3, -0.25) is 19.0 Å². The molecular formula is C23H20N4O3S4. The third-order valence-corrected chi connectivity index (χ3v) is 9.47. The number of allylic oxidation sites excluding steroid dienone is 1. The Morgan fingerprint density at radius 3 is 2.91 bits per heavy atom. The SMILES string of the molecule is C=CCn1c(SCC(=O)Nc2sc3c(c2C(N)=O)CCC3)nc2scc(-c3cccs3)c2c1=O. The molecule has 3 N–H and O–H groups in total. The van der Waals surface area contributed by atoms with E-state index < -0.39 is 5.91 Å². The molecule has 0 bridgehead atoms. The van der Waals surface area contributed by atoms with Crippen molar-refractivity contribution in [2.75, 3.05) is 11.1 Å². The molecule has 174 valence electrons. The van der Waals surface area contributed by atoms with Crippen LogP contribution in [0.3, 0.4) is 0 Å². The Morgan fingerprint density at radius 2 is 2.18 bits per heavy atom. The fourth-order valence-corrected chi connectivity index (χ4v) is 7.99. The largest absolute Gasteiger partial charge is 0.365 e. The van der Waals surface area contributed by atoms with Gasteiger partial charge >= 0.3 is 0 Å². The molecule has 11 heteroatoms. The first-order chi connectivity index (χ1) is 16.5. The minimum atomic E-state index is -0.520. The highest BCUT2D eigenvalue weighted by molar-refractivity contribution is 7.99. The van der Waals surface area contributed by atoms with E-state index in [1.54, 1.807) is 22.0 Å². The number of thiophene rings is 3. The predicted octanol–water partition coefficient (Wildman–Crippen LogP) is 4.75. The quantitative estimate of drug-likeness (QED) is 0.195. The molecule has 0 saturated heterocycles. The number of carbonyl (C=O) groups is 2. The molecule has 2 amide bonds. The minimum absolute atomic E-state index is 0.0407. The number of anilines is 1. The number of fused-ring (bicyclic) bond motifs is 2. The Balaban J connectivity index is 1.41. The summed E-state index contributed by atoms with van der Waals surface area (Å²) in [5, 5.41) is 8.32. The number of hydrogen-bond donors (Lipinski definition) is 2. The van der Waals surface area contributed by atoms with Gasteiger partial charge in [-0.05, 0) is 36.3 Å². The van der Waals surface area contributed by atoms with E-state index in [9.17, 15) is 14.4 Å². The fraction of sp³-hybridized carbons (Fsp3) is 0.217. The molecule has 0 saturated carbocycles. The van der Waals surface area contributed by atoms with E-state index in [1.165, 1.54) is 34.4 Å². The zero-order chi connectivity index (χ0) is 23.8. The molecule has 0 fully saturated rings. The van der Waals surface area contributed by atoms with E-state index in [4.69, 9.17) is 10.7 Å². The molecule has 0 unspecified atom stereocenters. The minimum Gasteiger partial charge on any atom is -0.365 e. The van der Waals surface area contributed by atoms with Gasteiger partial charge in [0.05, 0.1) is 16.7 Å². The molecular weight excluding hydrogens is 509 g/mol. The molecule has 1 aliphatic carbocycles. The van der Waals surface area contributed by atoms with E-state index >= 15 is 0 Å². The van der Waals surface area contributed by atoms with Crippen molar-refractivity contribution >= 4 is 72.8 Å². The van der Waals surface area contributed by atoms with Crippen LogP contribution in [0.25, 0.3) is 20.7 Å². The number of rotatable bonds is 8. The predicted molar refractivity (Wildman–Crippen MR) is 142 cm³/mol. The van der Waals surface area contributed by atoms with Gasteiger partial charge in [-0.2, -0.15) is 0 Å². The lowest BCUT2D eigenvalue weighted by atomic mass is 10.1. The van der Waals surface area contributed by atoms with Gasteiger partial charge in [-0.1, -0.05) is 23.9 Å². The van der Waals surface area contributed by atoms with Crippen molar-refractivity contribution in [3.05, 3.63) is 61.9 Å². The molecule has 5 rings (SSSR count). The Labute approximate surface area is 211 Å². The van der Waals surface area contributed by atoms with Crippen LogP contribution in [0.5, 0.6) is 0 Å². The van der Waals surface area contributed by atoms with Crippen LogP contribution in [0.15, 0.2) is 45.5 Å². The maximum atomic E-state index is 13.4. The zero-order valence-corrected chi connectivity index (χ0v) is 21.2. The van der Waals surface area contributed by atoms with Gasteiger partial charge in [0.15, 0.2) is 5.16 Å². The Hall–Kier alpha value is -2.73. The third-order valence-electron chi connectivity index (χ3n) is 5.51. The van der Waals surface area contributed by atoms with Gasteiger partial charge in [0, 0.05) is 27.2 Å². The average Bonchev–Trinajstić information content (AvgIpc) is 3.57. The number of nitrogens with zero attached hydrogens (tertiary/aromatic N) is 2. The topological polar surface area (TPSA) is 107 Å². The molecule has 4 aromatic rings. The molecule has 0 radical (unpaired) electrons. The first-order valence-corrected chi connectivity index (χ1v) is 14.1. The number of thioether (sulfide) groups is 1. The number of aromatic nitrogens is 2. The third kappa shape index (κ3) is 4.13. The van der Waals surface area contributed by atoms with Crippen LogP contribution in [-0.2, 0) is 24.2 Å². The number of primary amides is 1. The van der Waals surface area contributed by atoms with E-state index in [0.29, 0.717) is 25.9 Å². The number of amides is 2. The Bertz CT molecular complexity index is 1480. The molecule has 4 heterocycles. The first kappa shape index (κ1) is 23.0. The number of aryl methyl sites for hydroxylation is 1. The molecule has 1 aliphatic rings. The highest BCUT2D eigenvalue weighted by Gasteiger charge is 2.26. The monoisotopic (exact) mass is 528 g/mol. The van der Waals surface area contributed by atoms with Gasteiger partial charge in [-0.15, -0.1) is 40.6 Å². The highest BCUT2D eigenvalue weighted by Crippen LogP contribution is 2.39. The smallest absolute Gasteiger partial charge is 0.263 e. The van der Waals surface area contributed by atoms with Crippen molar-refractivity contribution in [2.24, 2.45) is 5.73 Å². The van der Waals surface area contributed by atoms with E-state index in [0.717, 1.165) is 40.1 Å². The summed E-state index contributed by atoms with van der Waals surface area (Å²) in [6, 6.07) is 3.94. The normalized spacial score (nSPS) is 12.7. The van der Waals surface area contributed by atoms with Crippen molar-refractivity contribution < 1.29 is 9.59 Å². The van der Waals surface area contributed by atoms with Gasteiger partial charge in [0.2, 0.25) is 5.91 Å². The molecule has 0 aromatic carbocycles. The summed E-state index contributed by atoms with van der Waals surface area (Å²) in [7, 11) is 0. The van der Waals surface area contributed by atoms with Crippen LogP contribution in [0.2, 0.25) is 0 Å². The van der Waals surface area contributed by atoms with E-state index in [-0.39, 0.29) is 23.8 Å². The molecule has 0 atom stereocenters. The lowest BCUT2D eigenvalue weighted by Gasteiger charge is -2.11. The fourth-order valence-electron chi connectivity index (χ4n) is 4.06. The summed E-state index contributed by atoms with van der Waals surface area (Å²) in [6.45, 7) is 4.05. The van der Waals surface area contributed by atoms with Crippen molar-refractivity contribution in [3.63, 3.8) is 0 Å². The van der Waals surface area contributed by atoms with Crippen LogP contribution >= 0.6 is 45.8 Å². The second-order valence-corrected chi connectivity index (χ2v) is 11.5. The lowest BCUT2D eigenvalue weighted by molar-refractivity contribution is -0.113. The molecule has 0 aliphatic heterocycles. The number of nitrogens with one attached hydrogen (secondary N) is 1. The van der Waals surface area contributed by atoms with Crippen LogP contribution in [0.4, 0.5) is 5.00 Å². The van der Waals surface area contributed by atoms with Crippen LogP contribution in [-0.4, -0.2) is 27.1 Å². The summed E-state index contributed by atoms with van der Waals surface area (Å²) < 4.78 is 1.55. The van der Waals surface area contributed by atoms with Crippen LogP contribution in [0.1, 0.15) is 27.2 Å². The summed E-state index contributed by atoms with van der Waals surface area (Å²) >= 11 is 5.60. The Kier molecular flexibility index (Phi) is 6.43. The lowest BCUT2D eigenvalue weighted by Crippen LogP contribution is -2.24. The number of carbonyl (C=O) groups excluding carboxylic acids is 2. The second-order valence-electron chi connectivity index (χ2n) is 7.67. The molecule has 34 heavy (non-hydrogen) atoms. The zero-order valence-electron chi connectivity index (χ0n) is 18.0. The van der Waals surface area contributed by atoms with Crippen molar-refractivity contribution in [2.45, 2.75) is 31.0 Å². The maximum absolute atomic E-state index is 13.4. The Morgan fingerprint density at radius 1 is 1.32 bits per heavy atom. The standard InChI is InChI=1S/C23H20N4O3S4/c1-2-8-27-22(30)18-13(14-7-4-9-31-14)10-32-20(18)26-23(27)33-11-16(28)25-21-17(19(24)29)12-5-3-6-15(12)34-21/h2,4,7,9-10H,1,3,5-6,8,11H2,(H2,24,29)(H,25,28). The maximum Gasteiger partial charge on any atom is 0.263 e. The summed E-state index contributed by atoms with van der Waals surface area (Å²) in [4.78, 5) is 45.6. The highest BCUT2D eigenvalue weighted by atomic mass is 32.2. The first-order valence-electron chi connectivity index (χ1n) is 10.5. The van der Waals surface area contributed by atoms with Crippen LogP contribution < -0.4 is 16.6 Å². The second kappa shape index (κ2) is 9.49. The molecule has 0 spiro atoms.